The molecular formula is C10H15NO. The Morgan fingerprint density at radius 3 is 2.75 bits per heavy atom. The molecule has 0 aromatic carbocycles. The van der Waals surface area contributed by atoms with Crippen LogP contribution < -0.4 is 0 Å². The Bertz CT molecular complexity index is 273. The molecule has 1 fully saturated rings. The first-order valence-corrected chi connectivity index (χ1v) is 4.64. The Hall–Kier alpha value is -0.760. The van der Waals surface area contributed by atoms with E-state index in [0.29, 0.717) is 0 Å². The molecular weight excluding hydrogens is 150 g/mol. The second-order valence-corrected chi connectivity index (χ2v) is 3.50. The lowest BCUT2D eigenvalue weighted by Crippen LogP contribution is -1.87. The maximum absolute atomic E-state index is 9.09. The minimum Gasteiger partial charge on any atom is -0.392 e. The molecule has 0 saturated heterocycles. The second-order valence-electron chi connectivity index (χ2n) is 3.50. The first-order valence-electron chi connectivity index (χ1n) is 4.64. The molecule has 1 aliphatic rings. The molecule has 2 rings (SSSR count). The van der Waals surface area contributed by atoms with Gasteiger partial charge < -0.3 is 9.67 Å². The zero-order valence-corrected chi connectivity index (χ0v) is 7.45. The number of nitrogens with zero attached hydrogens (tertiary/aromatic N) is 1. The number of aromatic nitrogens is 1. The molecule has 0 unspecified atom stereocenters. The summed E-state index contributed by atoms with van der Waals surface area (Å²) < 4.78 is 2.15. The summed E-state index contributed by atoms with van der Waals surface area (Å²) in [6.45, 7) is 3.32. The zero-order chi connectivity index (χ0) is 8.55. The van der Waals surface area contributed by atoms with Crippen LogP contribution in [0.4, 0.5) is 0 Å². The first-order chi connectivity index (χ1) is 5.85. The van der Waals surface area contributed by atoms with E-state index < -0.39 is 0 Å². The Morgan fingerprint density at radius 2 is 2.25 bits per heavy atom. The van der Waals surface area contributed by atoms with Crippen LogP contribution in [0, 0.1) is 0 Å². The summed E-state index contributed by atoms with van der Waals surface area (Å²) in [7, 11) is 0. The van der Waals surface area contributed by atoms with E-state index in [2.05, 4.69) is 23.9 Å². The number of aliphatic hydroxyl groups excluding tert-OH is 1. The Labute approximate surface area is 72.8 Å². The summed E-state index contributed by atoms with van der Waals surface area (Å²) in [4.78, 5) is 0. The van der Waals surface area contributed by atoms with Crippen molar-refractivity contribution >= 4 is 0 Å². The van der Waals surface area contributed by atoms with Crippen molar-refractivity contribution in [3.8, 4) is 0 Å². The normalized spacial score (nSPS) is 16.8. The Balaban J connectivity index is 2.29. The van der Waals surface area contributed by atoms with Crippen LogP contribution in [0.2, 0.25) is 0 Å². The van der Waals surface area contributed by atoms with Crippen LogP contribution in [-0.2, 0) is 13.2 Å². The third-order valence-corrected chi connectivity index (χ3v) is 2.55. The van der Waals surface area contributed by atoms with E-state index in [1.807, 2.05) is 0 Å². The van der Waals surface area contributed by atoms with Crippen LogP contribution in [0.1, 0.15) is 36.8 Å². The molecule has 0 aliphatic heterocycles. The summed E-state index contributed by atoms with van der Waals surface area (Å²) in [6.07, 6.45) is 6.86. The third-order valence-electron chi connectivity index (χ3n) is 2.55. The van der Waals surface area contributed by atoms with Crippen molar-refractivity contribution in [2.45, 2.75) is 38.8 Å². The van der Waals surface area contributed by atoms with Gasteiger partial charge in [-0.15, -0.1) is 0 Å². The van der Waals surface area contributed by atoms with Crippen molar-refractivity contribution in [2.75, 3.05) is 0 Å². The van der Waals surface area contributed by atoms with Crippen LogP contribution in [0.3, 0.4) is 0 Å². The predicted octanol–water partition coefficient (Wildman–Crippen LogP) is 1.88. The lowest BCUT2D eigenvalue weighted by molar-refractivity contribution is 0.280. The molecule has 1 aromatic rings. The summed E-state index contributed by atoms with van der Waals surface area (Å²) >= 11 is 0. The lowest BCUT2D eigenvalue weighted by Gasteiger charge is -1.94. The average molecular weight is 165 g/mol. The van der Waals surface area contributed by atoms with E-state index in [-0.39, 0.29) is 6.61 Å². The molecule has 2 heteroatoms. The molecule has 1 saturated carbocycles. The van der Waals surface area contributed by atoms with Crippen molar-refractivity contribution in [1.82, 2.24) is 4.57 Å². The summed E-state index contributed by atoms with van der Waals surface area (Å²) in [5.41, 5.74) is 2.50. The van der Waals surface area contributed by atoms with Crippen LogP contribution in [0.5, 0.6) is 0 Å². The molecule has 0 radical (unpaired) electrons. The molecule has 66 valence electrons. The first kappa shape index (κ1) is 7.87. The van der Waals surface area contributed by atoms with Gasteiger partial charge >= 0.3 is 0 Å². The number of hydrogen-bond acceptors (Lipinski definition) is 1. The zero-order valence-electron chi connectivity index (χ0n) is 7.45. The molecule has 2 nitrogen and oxygen atoms in total. The maximum atomic E-state index is 9.09. The minimum absolute atomic E-state index is 0.193. The van der Waals surface area contributed by atoms with Gasteiger partial charge in [-0.05, 0) is 36.8 Å². The SMILES string of the molecule is CCn1cc(CO)c(C2CC2)c1. The van der Waals surface area contributed by atoms with Crippen LogP contribution >= 0.6 is 0 Å². The standard InChI is InChI=1S/C10H15NO/c1-2-11-5-9(7-12)10(6-11)8-3-4-8/h5-6,8,12H,2-4,7H2,1H3. The fourth-order valence-corrected chi connectivity index (χ4v) is 1.65. The topological polar surface area (TPSA) is 25.2 Å². The van der Waals surface area contributed by atoms with E-state index >= 15 is 0 Å². The monoisotopic (exact) mass is 165 g/mol. The molecule has 0 bridgehead atoms. The fourth-order valence-electron chi connectivity index (χ4n) is 1.65. The van der Waals surface area contributed by atoms with Crippen molar-refractivity contribution < 1.29 is 5.11 Å². The van der Waals surface area contributed by atoms with Gasteiger partial charge in [0.05, 0.1) is 6.61 Å². The predicted molar refractivity (Wildman–Crippen MR) is 48.0 cm³/mol. The van der Waals surface area contributed by atoms with Crippen molar-refractivity contribution in [1.29, 1.82) is 0 Å². The van der Waals surface area contributed by atoms with Gasteiger partial charge in [-0.25, -0.2) is 0 Å². The smallest absolute Gasteiger partial charge is 0.0699 e. The van der Waals surface area contributed by atoms with E-state index in [0.717, 1.165) is 18.0 Å². The van der Waals surface area contributed by atoms with Gasteiger partial charge in [0.25, 0.3) is 0 Å². The minimum atomic E-state index is 0.193. The number of aliphatic hydroxyl groups is 1. The largest absolute Gasteiger partial charge is 0.392 e. The summed E-state index contributed by atoms with van der Waals surface area (Å²) in [5, 5.41) is 9.09. The number of aryl methyl sites for hydroxylation is 1. The molecule has 1 heterocycles. The Kier molecular flexibility index (Phi) is 1.93. The van der Waals surface area contributed by atoms with Gasteiger partial charge in [0.15, 0.2) is 0 Å². The van der Waals surface area contributed by atoms with Crippen LogP contribution in [0.25, 0.3) is 0 Å². The highest BCUT2D eigenvalue weighted by atomic mass is 16.3. The van der Waals surface area contributed by atoms with E-state index in [9.17, 15) is 0 Å². The van der Waals surface area contributed by atoms with Crippen LogP contribution in [0.15, 0.2) is 12.4 Å². The summed E-state index contributed by atoms with van der Waals surface area (Å²) in [5.74, 6) is 0.750. The van der Waals surface area contributed by atoms with Gasteiger partial charge in [0.1, 0.15) is 0 Å². The highest BCUT2D eigenvalue weighted by molar-refractivity contribution is 5.30. The highest BCUT2D eigenvalue weighted by Crippen LogP contribution is 2.42. The van der Waals surface area contributed by atoms with E-state index in [1.54, 1.807) is 0 Å². The maximum Gasteiger partial charge on any atom is 0.0699 e. The fraction of sp³-hybridized carbons (Fsp3) is 0.600. The van der Waals surface area contributed by atoms with Gasteiger partial charge in [-0.3, -0.25) is 0 Å². The van der Waals surface area contributed by atoms with E-state index in [1.165, 1.54) is 18.4 Å². The van der Waals surface area contributed by atoms with Crippen LogP contribution in [-0.4, -0.2) is 9.67 Å². The van der Waals surface area contributed by atoms with Crippen molar-refractivity contribution in [3.63, 3.8) is 0 Å². The van der Waals surface area contributed by atoms with Gasteiger partial charge in [0, 0.05) is 18.9 Å². The molecule has 0 amide bonds. The highest BCUT2D eigenvalue weighted by Gasteiger charge is 2.26. The lowest BCUT2D eigenvalue weighted by atomic mass is 10.1. The van der Waals surface area contributed by atoms with Crippen molar-refractivity contribution in [2.24, 2.45) is 0 Å². The Morgan fingerprint density at radius 1 is 1.50 bits per heavy atom. The molecule has 1 N–H and O–H groups in total. The van der Waals surface area contributed by atoms with Gasteiger partial charge in [-0.2, -0.15) is 0 Å². The van der Waals surface area contributed by atoms with Crippen molar-refractivity contribution in [3.05, 3.63) is 23.5 Å². The number of rotatable bonds is 3. The van der Waals surface area contributed by atoms with E-state index in [4.69, 9.17) is 5.11 Å². The van der Waals surface area contributed by atoms with Gasteiger partial charge in [-0.1, -0.05) is 0 Å². The average Bonchev–Trinajstić information content (AvgIpc) is 2.85. The molecule has 12 heavy (non-hydrogen) atoms. The summed E-state index contributed by atoms with van der Waals surface area (Å²) in [6, 6.07) is 0. The molecule has 1 aromatic heterocycles. The molecule has 0 atom stereocenters. The number of hydrogen-bond donors (Lipinski definition) is 1. The third kappa shape index (κ3) is 1.27. The second kappa shape index (κ2) is 2.94. The molecule has 1 aliphatic carbocycles. The molecule has 0 spiro atoms. The van der Waals surface area contributed by atoms with Gasteiger partial charge in [0.2, 0.25) is 0 Å². The quantitative estimate of drug-likeness (QED) is 0.726.